The van der Waals surface area contributed by atoms with Crippen molar-refractivity contribution in [3.8, 4) is 0 Å². The molecule has 3 fully saturated rings. The van der Waals surface area contributed by atoms with E-state index in [2.05, 4.69) is 0 Å². The minimum atomic E-state index is -0.258. The maximum absolute atomic E-state index is 12.6. The van der Waals surface area contributed by atoms with Crippen LogP contribution in [0.25, 0.3) is 0 Å². The summed E-state index contributed by atoms with van der Waals surface area (Å²) in [5.74, 6) is 0.163. The zero-order valence-electron chi connectivity index (χ0n) is 11.3. The first kappa shape index (κ1) is 12.9. The van der Waals surface area contributed by atoms with Gasteiger partial charge in [0.1, 0.15) is 0 Å². The largest absolute Gasteiger partial charge is 0.379 e. The molecule has 0 saturated carbocycles. The first-order valence-corrected chi connectivity index (χ1v) is 6.85. The molecule has 0 radical (unpaired) electrons. The van der Waals surface area contributed by atoms with Gasteiger partial charge in [-0.3, -0.25) is 9.59 Å². The van der Waals surface area contributed by atoms with Crippen LogP contribution in [0, 0.1) is 5.92 Å². The van der Waals surface area contributed by atoms with E-state index < -0.39 is 0 Å². The number of likely N-dealkylation sites (tertiary alicyclic amines) is 1. The van der Waals surface area contributed by atoms with Gasteiger partial charge < -0.3 is 19.3 Å². The maximum Gasteiger partial charge on any atom is 0.229 e. The van der Waals surface area contributed by atoms with Crippen molar-refractivity contribution in [1.29, 1.82) is 0 Å². The lowest BCUT2D eigenvalue weighted by molar-refractivity contribution is -0.161. The minimum absolute atomic E-state index is 0.0422. The van der Waals surface area contributed by atoms with Gasteiger partial charge in [-0.2, -0.15) is 0 Å². The van der Waals surface area contributed by atoms with Crippen LogP contribution < -0.4 is 0 Å². The molecular formula is C13H20N2O4. The summed E-state index contributed by atoms with van der Waals surface area (Å²) in [5, 5.41) is 0. The Morgan fingerprint density at radius 3 is 2.47 bits per heavy atom. The van der Waals surface area contributed by atoms with Gasteiger partial charge in [0, 0.05) is 33.2 Å². The molecule has 6 nitrogen and oxygen atoms in total. The smallest absolute Gasteiger partial charge is 0.229 e. The Balaban J connectivity index is 1.67. The van der Waals surface area contributed by atoms with Crippen LogP contribution in [0.2, 0.25) is 0 Å². The third-order valence-corrected chi connectivity index (χ3v) is 4.43. The molecule has 6 heteroatoms. The zero-order valence-corrected chi connectivity index (χ0v) is 11.3. The summed E-state index contributed by atoms with van der Waals surface area (Å²) in [6.07, 6.45) is 0.849. The van der Waals surface area contributed by atoms with Gasteiger partial charge in [0.15, 0.2) is 0 Å². The molecular weight excluding hydrogens is 248 g/mol. The molecule has 0 aromatic carbocycles. The van der Waals surface area contributed by atoms with Crippen LogP contribution in [0.4, 0.5) is 0 Å². The van der Waals surface area contributed by atoms with Crippen LogP contribution >= 0.6 is 0 Å². The van der Waals surface area contributed by atoms with Gasteiger partial charge in [0.25, 0.3) is 0 Å². The van der Waals surface area contributed by atoms with Gasteiger partial charge in [-0.15, -0.1) is 0 Å². The van der Waals surface area contributed by atoms with Gasteiger partial charge >= 0.3 is 0 Å². The van der Waals surface area contributed by atoms with Crippen LogP contribution in [0.1, 0.15) is 13.3 Å². The Bertz CT molecular complexity index is 386. The van der Waals surface area contributed by atoms with E-state index in [9.17, 15) is 9.59 Å². The van der Waals surface area contributed by atoms with Crippen LogP contribution in [-0.4, -0.2) is 73.2 Å². The Hall–Kier alpha value is -1.14. The average molecular weight is 268 g/mol. The van der Waals surface area contributed by atoms with Crippen molar-refractivity contribution in [3.63, 3.8) is 0 Å². The number of rotatable bonds is 1. The summed E-state index contributed by atoms with van der Waals surface area (Å²) in [6.45, 7) is 5.73. The molecule has 106 valence electrons. The highest BCUT2D eigenvalue weighted by Gasteiger charge is 2.48. The molecule has 3 heterocycles. The number of nitrogens with zero attached hydrogens (tertiary/aromatic N) is 2. The molecule has 3 aliphatic rings. The molecule has 0 aromatic rings. The first-order chi connectivity index (χ1) is 9.12. The second-order valence-corrected chi connectivity index (χ2v) is 5.69. The summed E-state index contributed by atoms with van der Waals surface area (Å²) in [7, 11) is 0. The highest BCUT2D eigenvalue weighted by atomic mass is 16.5. The van der Waals surface area contributed by atoms with Crippen LogP contribution in [-0.2, 0) is 19.1 Å². The Morgan fingerprint density at radius 1 is 1.16 bits per heavy atom. The van der Waals surface area contributed by atoms with Gasteiger partial charge in [-0.25, -0.2) is 0 Å². The van der Waals surface area contributed by atoms with E-state index in [4.69, 9.17) is 9.47 Å². The number of hydrogen-bond donors (Lipinski definition) is 0. The second-order valence-electron chi connectivity index (χ2n) is 5.69. The SMILES string of the molecule is CC(=O)N1CC(C(=O)N2CCOCC23CCOC3)C1. The fourth-order valence-electron chi connectivity index (χ4n) is 3.11. The molecule has 2 amide bonds. The highest BCUT2D eigenvalue weighted by Crippen LogP contribution is 2.32. The van der Waals surface area contributed by atoms with Gasteiger partial charge in [-0.05, 0) is 6.42 Å². The van der Waals surface area contributed by atoms with Crippen molar-refractivity contribution in [3.05, 3.63) is 0 Å². The van der Waals surface area contributed by atoms with Gasteiger partial charge in [0.2, 0.25) is 11.8 Å². The Labute approximate surface area is 112 Å². The van der Waals surface area contributed by atoms with E-state index in [-0.39, 0.29) is 23.3 Å². The molecule has 3 saturated heterocycles. The Kier molecular flexibility index (Phi) is 3.22. The summed E-state index contributed by atoms with van der Waals surface area (Å²) in [4.78, 5) is 27.4. The van der Waals surface area contributed by atoms with Gasteiger partial charge in [-0.1, -0.05) is 0 Å². The van der Waals surface area contributed by atoms with Crippen molar-refractivity contribution in [1.82, 2.24) is 9.80 Å². The molecule has 0 N–H and O–H groups in total. The minimum Gasteiger partial charge on any atom is -0.379 e. The maximum atomic E-state index is 12.6. The lowest BCUT2D eigenvalue weighted by Crippen LogP contribution is -2.64. The molecule has 1 spiro atoms. The second kappa shape index (κ2) is 4.76. The van der Waals surface area contributed by atoms with Crippen LogP contribution in [0.3, 0.4) is 0 Å². The zero-order chi connectivity index (χ0) is 13.5. The lowest BCUT2D eigenvalue weighted by atomic mass is 9.91. The van der Waals surface area contributed by atoms with E-state index in [0.29, 0.717) is 46.1 Å². The summed E-state index contributed by atoms with van der Waals surface area (Å²) < 4.78 is 11.0. The van der Waals surface area contributed by atoms with E-state index in [1.807, 2.05) is 4.90 Å². The van der Waals surface area contributed by atoms with E-state index in [1.54, 1.807) is 11.8 Å². The number of hydrogen-bond acceptors (Lipinski definition) is 4. The average Bonchev–Trinajstić information content (AvgIpc) is 2.76. The topological polar surface area (TPSA) is 59.1 Å². The van der Waals surface area contributed by atoms with Crippen molar-refractivity contribution >= 4 is 11.8 Å². The van der Waals surface area contributed by atoms with E-state index in [0.717, 1.165) is 6.42 Å². The molecule has 0 bridgehead atoms. The molecule has 3 aliphatic heterocycles. The number of ether oxygens (including phenoxy) is 2. The quantitative estimate of drug-likeness (QED) is 0.642. The normalized spacial score (nSPS) is 31.6. The van der Waals surface area contributed by atoms with Crippen LogP contribution in [0.5, 0.6) is 0 Å². The van der Waals surface area contributed by atoms with Crippen molar-refractivity contribution in [2.75, 3.05) is 46.1 Å². The molecule has 1 atom stereocenters. The monoisotopic (exact) mass is 268 g/mol. The van der Waals surface area contributed by atoms with Crippen molar-refractivity contribution < 1.29 is 19.1 Å². The third-order valence-electron chi connectivity index (χ3n) is 4.43. The van der Waals surface area contributed by atoms with Crippen molar-refractivity contribution in [2.24, 2.45) is 5.92 Å². The summed E-state index contributed by atoms with van der Waals surface area (Å²) >= 11 is 0. The standard InChI is InChI=1S/C13H20N2O4/c1-10(16)14-6-11(7-14)12(17)15-3-5-19-9-13(15)2-4-18-8-13/h11H,2-9H2,1H3. The number of amides is 2. The third kappa shape index (κ3) is 2.12. The summed E-state index contributed by atoms with van der Waals surface area (Å²) in [5.41, 5.74) is -0.258. The molecule has 1 unspecified atom stereocenters. The molecule has 0 aliphatic carbocycles. The molecule has 3 rings (SSSR count). The Morgan fingerprint density at radius 2 is 1.84 bits per heavy atom. The van der Waals surface area contributed by atoms with Crippen molar-refractivity contribution in [2.45, 2.75) is 18.9 Å². The molecule has 0 aromatic heterocycles. The predicted octanol–water partition coefficient (Wildman–Crippen LogP) is -0.517. The first-order valence-electron chi connectivity index (χ1n) is 6.85. The van der Waals surface area contributed by atoms with Gasteiger partial charge in [0.05, 0.1) is 31.3 Å². The van der Waals surface area contributed by atoms with E-state index >= 15 is 0 Å². The highest BCUT2D eigenvalue weighted by molar-refractivity contribution is 5.84. The fourth-order valence-corrected chi connectivity index (χ4v) is 3.11. The number of morpholine rings is 1. The lowest BCUT2D eigenvalue weighted by Gasteiger charge is -2.48. The fraction of sp³-hybridized carbons (Fsp3) is 0.846. The summed E-state index contributed by atoms with van der Waals surface area (Å²) in [6, 6.07) is 0. The number of carbonyl (C=O) groups excluding carboxylic acids is 2. The number of carbonyl (C=O) groups is 2. The van der Waals surface area contributed by atoms with E-state index in [1.165, 1.54) is 0 Å². The predicted molar refractivity (Wildman–Crippen MR) is 66.4 cm³/mol. The van der Waals surface area contributed by atoms with Crippen LogP contribution in [0.15, 0.2) is 0 Å². The molecule has 19 heavy (non-hydrogen) atoms.